The third-order valence-corrected chi connectivity index (χ3v) is 7.22. The van der Waals surface area contributed by atoms with Crippen molar-refractivity contribution in [2.45, 2.75) is 26.5 Å². The van der Waals surface area contributed by atoms with E-state index in [0.717, 1.165) is 11.1 Å². The van der Waals surface area contributed by atoms with E-state index in [0.29, 0.717) is 33.5 Å². The normalized spacial score (nSPS) is 16.8. The van der Waals surface area contributed by atoms with Gasteiger partial charge in [-0.15, -0.1) is 10.2 Å². The number of ether oxygens (including phenoxy) is 1. The van der Waals surface area contributed by atoms with Gasteiger partial charge in [0.15, 0.2) is 0 Å². The number of amides is 1. The highest BCUT2D eigenvalue weighted by Crippen LogP contribution is 2.43. The number of hydrogen-bond acceptors (Lipinski definition) is 7. The zero-order valence-electron chi connectivity index (χ0n) is 20.0. The summed E-state index contributed by atoms with van der Waals surface area (Å²) in [5.41, 5.74) is 3.16. The molecule has 1 atom stereocenters. The fourth-order valence-corrected chi connectivity index (χ4v) is 5.01. The molecule has 1 unspecified atom stereocenters. The summed E-state index contributed by atoms with van der Waals surface area (Å²) in [5.74, 6) is -1.26. The Morgan fingerprint density at radius 2 is 1.70 bits per heavy atom. The first-order chi connectivity index (χ1) is 17.8. The van der Waals surface area contributed by atoms with E-state index in [9.17, 15) is 14.7 Å². The predicted molar refractivity (Wildman–Crippen MR) is 143 cm³/mol. The highest BCUT2D eigenvalue weighted by atomic mass is 35.5. The van der Waals surface area contributed by atoms with Crippen molar-refractivity contribution in [2.24, 2.45) is 0 Å². The number of nitrogens with zero attached hydrogens (tertiary/aromatic N) is 3. The third kappa shape index (κ3) is 4.85. The van der Waals surface area contributed by atoms with Crippen molar-refractivity contribution < 1.29 is 19.4 Å². The summed E-state index contributed by atoms with van der Waals surface area (Å²) in [6, 6.07) is 20.6. The zero-order valence-corrected chi connectivity index (χ0v) is 21.6. The first-order valence-electron chi connectivity index (χ1n) is 11.5. The number of aliphatic hydroxyl groups is 1. The van der Waals surface area contributed by atoms with Gasteiger partial charge in [0.25, 0.3) is 5.78 Å². The van der Waals surface area contributed by atoms with Gasteiger partial charge >= 0.3 is 5.91 Å². The van der Waals surface area contributed by atoms with Gasteiger partial charge in [0.05, 0.1) is 11.6 Å². The van der Waals surface area contributed by atoms with Gasteiger partial charge < -0.3 is 9.84 Å². The van der Waals surface area contributed by atoms with Crippen LogP contribution in [0.3, 0.4) is 0 Å². The summed E-state index contributed by atoms with van der Waals surface area (Å²) < 4.78 is 5.90. The van der Waals surface area contributed by atoms with E-state index in [1.807, 2.05) is 31.2 Å². The molecule has 1 saturated heterocycles. The Labute approximate surface area is 222 Å². The van der Waals surface area contributed by atoms with E-state index in [4.69, 9.17) is 16.3 Å². The molecule has 0 radical (unpaired) electrons. The van der Waals surface area contributed by atoms with Crippen LogP contribution in [-0.2, 0) is 16.2 Å². The van der Waals surface area contributed by atoms with Crippen LogP contribution in [0.2, 0.25) is 5.02 Å². The molecule has 2 heterocycles. The first kappa shape index (κ1) is 24.7. The van der Waals surface area contributed by atoms with Crippen molar-refractivity contribution in [1.29, 1.82) is 0 Å². The standard InChI is InChI=1S/C28H22ClN3O4S/c1-16-5-3-4-6-20(16)15-36-22-13-9-19(10-14-22)25(33)23-24(18-7-11-21(29)12-8-18)32(27(35)26(23)34)28-31-30-17(2)37-28/h3-14,24,33H,15H2,1-2H3. The van der Waals surface area contributed by atoms with Crippen molar-refractivity contribution in [3.05, 3.63) is 111 Å². The molecule has 1 amide bonds. The fraction of sp³-hybridized carbons (Fsp3) is 0.143. The monoisotopic (exact) mass is 531 g/mol. The molecule has 5 rings (SSSR count). The molecular formula is C28H22ClN3O4S. The van der Waals surface area contributed by atoms with Crippen molar-refractivity contribution in [2.75, 3.05) is 4.90 Å². The lowest BCUT2D eigenvalue weighted by Gasteiger charge is -2.22. The Morgan fingerprint density at radius 1 is 1.00 bits per heavy atom. The summed E-state index contributed by atoms with van der Waals surface area (Å²) in [4.78, 5) is 27.6. The second-order valence-corrected chi connectivity index (χ2v) is 10.2. The molecule has 37 heavy (non-hydrogen) atoms. The number of benzene rings is 3. The maximum absolute atomic E-state index is 13.2. The average Bonchev–Trinajstić information content (AvgIpc) is 3.44. The van der Waals surface area contributed by atoms with Gasteiger partial charge in [-0.1, -0.05) is 59.3 Å². The predicted octanol–water partition coefficient (Wildman–Crippen LogP) is 6.01. The molecule has 1 aliphatic heterocycles. The van der Waals surface area contributed by atoms with Crippen molar-refractivity contribution in [3.8, 4) is 5.75 Å². The summed E-state index contributed by atoms with van der Waals surface area (Å²) in [5, 5.41) is 20.8. The maximum atomic E-state index is 13.2. The Kier molecular flexibility index (Phi) is 6.78. The molecule has 186 valence electrons. The summed E-state index contributed by atoms with van der Waals surface area (Å²) in [6.07, 6.45) is 0. The molecule has 0 spiro atoms. The van der Waals surface area contributed by atoms with Gasteiger partial charge in [0.1, 0.15) is 23.1 Å². The number of halogens is 1. The minimum absolute atomic E-state index is 0.0336. The lowest BCUT2D eigenvalue weighted by atomic mass is 9.95. The van der Waals surface area contributed by atoms with Crippen LogP contribution >= 0.6 is 22.9 Å². The summed E-state index contributed by atoms with van der Waals surface area (Å²) in [7, 11) is 0. The number of aliphatic hydroxyl groups excluding tert-OH is 1. The van der Waals surface area contributed by atoms with Gasteiger partial charge in [-0.3, -0.25) is 14.5 Å². The molecule has 0 saturated carbocycles. The van der Waals surface area contributed by atoms with Crippen LogP contribution in [0.1, 0.15) is 33.3 Å². The third-order valence-electron chi connectivity index (χ3n) is 6.13. The maximum Gasteiger partial charge on any atom is 0.301 e. The van der Waals surface area contributed by atoms with Crippen LogP contribution in [0.4, 0.5) is 5.13 Å². The number of rotatable bonds is 6. The van der Waals surface area contributed by atoms with Crippen LogP contribution in [0.5, 0.6) is 5.75 Å². The molecule has 0 aliphatic carbocycles. The SMILES string of the molecule is Cc1nnc(N2C(=O)C(=O)C(=C(O)c3ccc(OCc4ccccc4C)cc3)C2c2ccc(Cl)cc2)s1. The van der Waals surface area contributed by atoms with E-state index in [1.165, 1.54) is 16.2 Å². The number of hydrogen-bond donors (Lipinski definition) is 1. The second kappa shape index (κ2) is 10.2. The van der Waals surface area contributed by atoms with Gasteiger partial charge in [-0.2, -0.15) is 0 Å². The highest BCUT2D eigenvalue weighted by molar-refractivity contribution is 7.15. The molecule has 1 N–H and O–H groups in total. The summed E-state index contributed by atoms with van der Waals surface area (Å²) >= 11 is 7.27. The number of Topliss-reactive ketones (excluding diaryl/α,β-unsaturated/α-hetero) is 1. The second-order valence-electron chi connectivity index (χ2n) is 8.56. The zero-order chi connectivity index (χ0) is 26.1. The molecule has 4 aromatic rings. The topological polar surface area (TPSA) is 92.6 Å². The van der Waals surface area contributed by atoms with Crippen LogP contribution < -0.4 is 9.64 Å². The molecule has 1 fully saturated rings. The fourth-order valence-electron chi connectivity index (χ4n) is 4.17. The Morgan fingerprint density at radius 3 is 2.35 bits per heavy atom. The van der Waals surface area contributed by atoms with Crippen LogP contribution in [0, 0.1) is 13.8 Å². The lowest BCUT2D eigenvalue weighted by molar-refractivity contribution is -0.132. The number of carbonyl (C=O) groups is 2. The number of carbonyl (C=O) groups excluding carboxylic acids is 2. The van der Waals surface area contributed by atoms with E-state index in [1.54, 1.807) is 55.5 Å². The number of anilines is 1. The Hall–Kier alpha value is -4.01. The van der Waals surface area contributed by atoms with E-state index in [2.05, 4.69) is 10.2 Å². The molecule has 9 heteroatoms. The van der Waals surface area contributed by atoms with E-state index >= 15 is 0 Å². The number of aryl methyl sites for hydroxylation is 2. The van der Waals surface area contributed by atoms with Gasteiger partial charge in [-0.25, -0.2) is 0 Å². The van der Waals surface area contributed by atoms with Crippen LogP contribution in [-0.4, -0.2) is 27.0 Å². The largest absolute Gasteiger partial charge is 0.507 e. The van der Waals surface area contributed by atoms with Crippen molar-refractivity contribution in [1.82, 2.24) is 10.2 Å². The van der Waals surface area contributed by atoms with Gasteiger partial charge in [0.2, 0.25) is 5.13 Å². The molecule has 7 nitrogen and oxygen atoms in total. The number of aromatic nitrogens is 2. The van der Waals surface area contributed by atoms with Crippen LogP contribution in [0.25, 0.3) is 5.76 Å². The van der Waals surface area contributed by atoms with E-state index in [-0.39, 0.29) is 16.5 Å². The van der Waals surface area contributed by atoms with Crippen molar-refractivity contribution >= 4 is 45.5 Å². The minimum Gasteiger partial charge on any atom is -0.507 e. The quantitative estimate of drug-likeness (QED) is 0.186. The summed E-state index contributed by atoms with van der Waals surface area (Å²) in [6.45, 7) is 4.19. The first-order valence-corrected chi connectivity index (χ1v) is 12.7. The Bertz CT molecular complexity index is 1510. The average molecular weight is 532 g/mol. The van der Waals surface area contributed by atoms with Crippen LogP contribution in [0.15, 0.2) is 78.4 Å². The van der Waals surface area contributed by atoms with Gasteiger partial charge in [0, 0.05) is 10.6 Å². The highest BCUT2D eigenvalue weighted by Gasteiger charge is 2.48. The molecular weight excluding hydrogens is 510 g/mol. The van der Waals surface area contributed by atoms with Gasteiger partial charge in [-0.05, 0) is 66.9 Å². The van der Waals surface area contributed by atoms with E-state index < -0.39 is 17.7 Å². The lowest BCUT2D eigenvalue weighted by Crippen LogP contribution is -2.29. The minimum atomic E-state index is -0.887. The smallest absolute Gasteiger partial charge is 0.301 e. The Balaban J connectivity index is 1.50. The molecule has 1 aromatic heterocycles. The molecule has 0 bridgehead atoms. The molecule has 1 aliphatic rings. The molecule has 3 aromatic carbocycles. The number of ketones is 1. The van der Waals surface area contributed by atoms with Crippen molar-refractivity contribution in [3.63, 3.8) is 0 Å².